The van der Waals surface area contributed by atoms with Crippen LogP contribution in [0.5, 0.6) is 5.75 Å². The normalized spacial score (nSPS) is 11.2. The molecule has 0 aliphatic heterocycles. The minimum absolute atomic E-state index is 0.0566. The van der Waals surface area contributed by atoms with Gasteiger partial charge in [0.25, 0.3) is 5.91 Å². The molecule has 0 radical (unpaired) electrons. The van der Waals surface area contributed by atoms with Crippen LogP contribution in [-0.4, -0.2) is 68.3 Å². The van der Waals surface area contributed by atoms with Gasteiger partial charge in [0.2, 0.25) is 0 Å². The van der Waals surface area contributed by atoms with Crippen LogP contribution in [0.1, 0.15) is 42.5 Å². The molecule has 0 spiro atoms. The first kappa shape index (κ1) is 32.1. The summed E-state index contributed by atoms with van der Waals surface area (Å²) in [5, 5.41) is 20.7. The molecule has 3 N–H and O–H groups in total. The molecule has 3 heterocycles. The van der Waals surface area contributed by atoms with Gasteiger partial charge in [-0.1, -0.05) is 17.7 Å². The number of nitrogens with zero attached hydrogens (tertiary/aromatic N) is 6. The quantitative estimate of drug-likeness (QED) is 0.201. The number of carbonyl (C=O) groups is 2. The van der Waals surface area contributed by atoms with E-state index in [2.05, 4.69) is 41.2 Å². The van der Waals surface area contributed by atoms with Crippen LogP contribution in [0, 0.1) is 0 Å². The van der Waals surface area contributed by atoms with E-state index >= 15 is 0 Å². The standard InChI is InChI=1S/C29H34ClN9O5/c1-29(2,3)44-28(41)35-23-9-7-8-18(33-23)15-43-11-10-17-12-19(26-32-16-39(5)38-26)25(42-6)21(13-17)34-20-14-22(30)36-37-24(20)27(40)31-4/h7-9,12-14,16H,10-11,15H2,1-6H3,(H,31,40)(H,34,36)(H,33,35,41). The molecule has 0 saturated heterocycles. The lowest BCUT2D eigenvalue weighted by atomic mass is 10.0. The van der Waals surface area contributed by atoms with Gasteiger partial charge >= 0.3 is 6.09 Å². The molecule has 14 nitrogen and oxygen atoms in total. The minimum atomic E-state index is -0.622. The van der Waals surface area contributed by atoms with E-state index in [0.29, 0.717) is 53.1 Å². The molecular formula is C29H34ClN9O5. The molecule has 4 aromatic rings. The van der Waals surface area contributed by atoms with Gasteiger partial charge < -0.3 is 24.8 Å². The Morgan fingerprint density at radius 1 is 1.09 bits per heavy atom. The van der Waals surface area contributed by atoms with Crippen molar-refractivity contribution in [3.8, 4) is 17.1 Å². The van der Waals surface area contributed by atoms with Crippen LogP contribution in [0.15, 0.2) is 42.7 Å². The molecule has 4 rings (SSSR count). The third kappa shape index (κ3) is 8.61. The Bertz CT molecular complexity index is 1640. The first-order valence-corrected chi connectivity index (χ1v) is 14.0. The topological polar surface area (TPSA) is 167 Å². The number of hydrogen-bond acceptors (Lipinski definition) is 11. The van der Waals surface area contributed by atoms with Crippen molar-refractivity contribution in [2.45, 2.75) is 39.4 Å². The Kier molecular flexibility index (Phi) is 10.3. The molecule has 2 amide bonds. The van der Waals surface area contributed by atoms with Crippen molar-refractivity contribution in [1.29, 1.82) is 0 Å². The number of hydrogen-bond donors (Lipinski definition) is 3. The summed E-state index contributed by atoms with van der Waals surface area (Å²) < 4.78 is 18.6. The lowest BCUT2D eigenvalue weighted by Gasteiger charge is -2.19. The Balaban J connectivity index is 1.53. The van der Waals surface area contributed by atoms with Crippen molar-refractivity contribution in [2.24, 2.45) is 7.05 Å². The molecule has 0 fully saturated rings. The highest BCUT2D eigenvalue weighted by molar-refractivity contribution is 6.29. The molecule has 0 aliphatic carbocycles. The molecule has 15 heteroatoms. The second-order valence-corrected chi connectivity index (χ2v) is 10.9. The van der Waals surface area contributed by atoms with Gasteiger partial charge in [-0.15, -0.1) is 10.2 Å². The van der Waals surface area contributed by atoms with Crippen LogP contribution >= 0.6 is 11.6 Å². The van der Waals surface area contributed by atoms with E-state index < -0.39 is 17.6 Å². The minimum Gasteiger partial charge on any atom is -0.494 e. The third-order valence-corrected chi connectivity index (χ3v) is 6.07. The Hall–Kier alpha value is -4.82. The summed E-state index contributed by atoms with van der Waals surface area (Å²) in [4.78, 5) is 33.4. The lowest BCUT2D eigenvalue weighted by Crippen LogP contribution is -2.27. The lowest BCUT2D eigenvalue weighted by molar-refractivity contribution is 0.0634. The fourth-order valence-electron chi connectivity index (χ4n) is 4.07. The average Bonchev–Trinajstić information content (AvgIpc) is 3.40. The fourth-order valence-corrected chi connectivity index (χ4v) is 4.22. The molecule has 1 aromatic carbocycles. The summed E-state index contributed by atoms with van der Waals surface area (Å²) in [5.74, 6) is 0.826. The smallest absolute Gasteiger partial charge is 0.413 e. The van der Waals surface area contributed by atoms with Gasteiger partial charge in [0.15, 0.2) is 22.4 Å². The summed E-state index contributed by atoms with van der Waals surface area (Å²) in [5.41, 5.74) is 2.44. The highest BCUT2D eigenvalue weighted by Crippen LogP contribution is 2.38. The summed E-state index contributed by atoms with van der Waals surface area (Å²) in [6.07, 6.45) is 1.51. The summed E-state index contributed by atoms with van der Waals surface area (Å²) in [6.45, 7) is 5.93. The van der Waals surface area contributed by atoms with Gasteiger partial charge in [-0.2, -0.15) is 5.10 Å². The molecule has 0 saturated carbocycles. The van der Waals surface area contributed by atoms with Gasteiger partial charge in [0.05, 0.1) is 43.0 Å². The van der Waals surface area contributed by atoms with Crippen LogP contribution in [0.4, 0.5) is 22.0 Å². The zero-order chi connectivity index (χ0) is 31.9. The van der Waals surface area contributed by atoms with Crippen LogP contribution in [0.2, 0.25) is 5.15 Å². The SMILES string of the molecule is CNC(=O)c1nnc(Cl)cc1Nc1cc(CCOCc2cccc(NC(=O)OC(C)(C)C)n2)cc(-c2ncn(C)n2)c1OC. The van der Waals surface area contributed by atoms with Gasteiger partial charge in [0.1, 0.15) is 17.7 Å². The molecular weight excluding hydrogens is 590 g/mol. The van der Waals surface area contributed by atoms with E-state index in [1.54, 1.807) is 57.0 Å². The number of anilines is 3. The van der Waals surface area contributed by atoms with Crippen LogP contribution < -0.4 is 20.7 Å². The van der Waals surface area contributed by atoms with Gasteiger partial charge in [-0.25, -0.2) is 14.8 Å². The number of nitrogens with one attached hydrogen (secondary N) is 3. The molecule has 0 bridgehead atoms. The molecule has 3 aromatic heterocycles. The second kappa shape index (κ2) is 14.1. The Labute approximate surface area is 259 Å². The Morgan fingerprint density at radius 2 is 1.89 bits per heavy atom. The zero-order valence-corrected chi connectivity index (χ0v) is 26.0. The van der Waals surface area contributed by atoms with Gasteiger partial charge in [-0.3, -0.25) is 14.8 Å². The number of amides is 2. The van der Waals surface area contributed by atoms with Crippen LogP contribution in [0.3, 0.4) is 0 Å². The van der Waals surface area contributed by atoms with Crippen molar-refractivity contribution >= 4 is 40.8 Å². The van der Waals surface area contributed by atoms with E-state index in [4.69, 9.17) is 25.8 Å². The summed E-state index contributed by atoms with van der Waals surface area (Å²) in [6, 6.07) is 10.6. The molecule has 44 heavy (non-hydrogen) atoms. The number of aromatic nitrogens is 6. The maximum atomic E-state index is 12.5. The molecule has 232 valence electrons. The van der Waals surface area contributed by atoms with E-state index in [1.807, 2.05) is 12.1 Å². The maximum absolute atomic E-state index is 12.5. The number of halogens is 1. The molecule has 0 unspecified atom stereocenters. The van der Waals surface area contributed by atoms with E-state index in [-0.39, 0.29) is 17.5 Å². The van der Waals surface area contributed by atoms with Gasteiger partial charge in [-0.05, 0) is 57.0 Å². The monoisotopic (exact) mass is 623 g/mol. The van der Waals surface area contributed by atoms with Crippen molar-refractivity contribution in [1.82, 2.24) is 35.3 Å². The predicted molar refractivity (Wildman–Crippen MR) is 164 cm³/mol. The molecule has 0 aliphatic rings. The number of rotatable bonds is 11. The van der Waals surface area contributed by atoms with Gasteiger partial charge in [0, 0.05) is 20.2 Å². The third-order valence-electron chi connectivity index (χ3n) is 5.89. The highest BCUT2D eigenvalue weighted by atomic mass is 35.5. The first-order valence-electron chi connectivity index (χ1n) is 13.6. The summed E-state index contributed by atoms with van der Waals surface area (Å²) >= 11 is 6.11. The highest BCUT2D eigenvalue weighted by Gasteiger charge is 2.21. The number of aryl methyl sites for hydroxylation is 1. The maximum Gasteiger partial charge on any atom is 0.413 e. The predicted octanol–water partition coefficient (Wildman–Crippen LogP) is 4.54. The second-order valence-electron chi connectivity index (χ2n) is 10.5. The van der Waals surface area contributed by atoms with Crippen molar-refractivity contribution in [2.75, 3.05) is 31.4 Å². The number of methoxy groups -OCH3 is 1. The molecule has 0 atom stereocenters. The zero-order valence-electron chi connectivity index (χ0n) is 25.3. The number of benzene rings is 1. The summed E-state index contributed by atoms with van der Waals surface area (Å²) in [7, 11) is 4.80. The number of ether oxygens (including phenoxy) is 3. The van der Waals surface area contributed by atoms with Crippen LogP contribution in [-0.2, 0) is 29.5 Å². The average molecular weight is 624 g/mol. The van der Waals surface area contributed by atoms with E-state index in [9.17, 15) is 9.59 Å². The Morgan fingerprint density at radius 3 is 2.57 bits per heavy atom. The van der Waals surface area contributed by atoms with Crippen molar-refractivity contribution in [3.05, 3.63) is 64.8 Å². The van der Waals surface area contributed by atoms with Crippen molar-refractivity contribution < 1.29 is 23.8 Å². The first-order chi connectivity index (χ1) is 21.0. The number of pyridine rings is 1. The van der Waals surface area contributed by atoms with Crippen LogP contribution in [0.25, 0.3) is 11.4 Å². The fraction of sp³-hybridized carbons (Fsp3) is 0.345. The van der Waals surface area contributed by atoms with E-state index in [0.717, 1.165) is 5.56 Å². The number of carbonyl (C=O) groups excluding carboxylic acids is 2. The van der Waals surface area contributed by atoms with E-state index in [1.165, 1.54) is 20.2 Å². The largest absolute Gasteiger partial charge is 0.494 e. The van der Waals surface area contributed by atoms with Crippen molar-refractivity contribution in [3.63, 3.8) is 0 Å².